The normalized spacial score (nSPS) is 24.1. The summed E-state index contributed by atoms with van der Waals surface area (Å²) in [5, 5.41) is 26.7. The van der Waals surface area contributed by atoms with Crippen molar-refractivity contribution in [2.75, 3.05) is 25.0 Å². The third-order valence-corrected chi connectivity index (χ3v) is 5.85. The first kappa shape index (κ1) is 20.4. The van der Waals surface area contributed by atoms with E-state index in [2.05, 4.69) is 16.7 Å². The van der Waals surface area contributed by atoms with Crippen molar-refractivity contribution in [1.29, 1.82) is 5.26 Å². The summed E-state index contributed by atoms with van der Waals surface area (Å²) in [5.41, 5.74) is 0.664. The van der Waals surface area contributed by atoms with Crippen LogP contribution in [-0.4, -0.2) is 47.4 Å². The third-order valence-electron chi connectivity index (χ3n) is 5.54. The molecule has 0 radical (unpaired) electrons. The van der Waals surface area contributed by atoms with Crippen LogP contribution in [0, 0.1) is 27.4 Å². The molecule has 1 aliphatic heterocycles. The van der Waals surface area contributed by atoms with Gasteiger partial charge in [0.05, 0.1) is 17.5 Å². The summed E-state index contributed by atoms with van der Waals surface area (Å²) in [6.45, 7) is 1.71. The number of nitrogens with zero attached hydrogens (tertiary/aromatic N) is 3. The number of nitriles is 1. The number of halogens is 1. The van der Waals surface area contributed by atoms with E-state index >= 15 is 0 Å². The molecule has 1 heterocycles. The molecule has 0 aromatic heterocycles. The molecule has 2 fully saturated rings. The van der Waals surface area contributed by atoms with E-state index in [4.69, 9.17) is 16.9 Å². The Bertz CT molecular complexity index is 781. The minimum Gasteiger partial charge on any atom is -0.385 e. The molecule has 28 heavy (non-hydrogen) atoms. The van der Waals surface area contributed by atoms with Crippen LogP contribution in [0.3, 0.4) is 0 Å². The van der Waals surface area contributed by atoms with Gasteiger partial charge in [-0.3, -0.25) is 14.9 Å². The number of benzene rings is 1. The van der Waals surface area contributed by atoms with Gasteiger partial charge in [0.15, 0.2) is 0 Å². The molecule has 9 heteroatoms. The second kappa shape index (κ2) is 9.22. The fraction of sp³-hybridized carbons (Fsp3) is 0.579. The number of hydrogen-bond acceptors (Lipinski definition) is 6. The van der Waals surface area contributed by atoms with E-state index in [1.165, 1.54) is 6.07 Å². The molecule has 1 saturated carbocycles. The van der Waals surface area contributed by atoms with E-state index in [-0.39, 0.29) is 29.2 Å². The van der Waals surface area contributed by atoms with Gasteiger partial charge in [-0.1, -0.05) is 11.6 Å². The Labute approximate surface area is 169 Å². The maximum absolute atomic E-state index is 12.3. The highest BCUT2D eigenvalue weighted by Gasteiger charge is 2.30. The topological polar surface area (TPSA) is 111 Å². The third kappa shape index (κ3) is 4.91. The van der Waals surface area contributed by atoms with E-state index in [1.54, 1.807) is 17.0 Å². The van der Waals surface area contributed by atoms with Crippen LogP contribution in [0.1, 0.15) is 32.1 Å². The fourth-order valence-electron chi connectivity index (χ4n) is 4.01. The van der Waals surface area contributed by atoms with Crippen molar-refractivity contribution >= 4 is 28.9 Å². The summed E-state index contributed by atoms with van der Waals surface area (Å²) in [6, 6.07) is 6.86. The number of anilines is 1. The van der Waals surface area contributed by atoms with Gasteiger partial charge in [-0.2, -0.15) is 5.26 Å². The molecule has 8 nitrogen and oxygen atoms in total. The molecule has 3 rings (SSSR count). The van der Waals surface area contributed by atoms with Gasteiger partial charge in [-0.05, 0) is 50.2 Å². The van der Waals surface area contributed by atoms with Gasteiger partial charge in [0, 0.05) is 30.9 Å². The van der Waals surface area contributed by atoms with Crippen molar-refractivity contribution in [1.82, 2.24) is 10.2 Å². The summed E-state index contributed by atoms with van der Waals surface area (Å²) >= 11 is 5.94. The maximum atomic E-state index is 12.3. The van der Waals surface area contributed by atoms with Gasteiger partial charge in [-0.25, -0.2) is 0 Å². The molecule has 1 aliphatic carbocycles. The molecular formula is C19H24ClN5O3. The highest BCUT2D eigenvalue weighted by atomic mass is 35.5. The van der Waals surface area contributed by atoms with Crippen LogP contribution in [0.2, 0.25) is 5.02 Å². The zero-order valence-electron chi connectivity index (χ0n) is 15.6. The predicted octanol–water partition coefficient (Wildman–Crippen LogP) is 2.93. The molecule has 0 bridgehead atoms. The van der Waals surface area contributed by atoms with Crippen LogP contribution < -0.4 is 10.6 Å². The molecule has 2 aliphatic rings. The Morgan fingerprint density at radius 2 is 2.21 bits per heavy atom. The summed E-state index contributed by atoms with van der Waals surface area (Å²) in [6.07, 6.45) is 4.68. The standard InChI is InChI=1S/C19H24ClN5O3/c20-17-9-15(5-6-18(17)25(27)28)22-11-13-3-4-14(8-13)23-12-19(26)24-7-1-2-16(24)10-21/h5-6,9,13-14,16,22-23H,1-4,7-8,11-12H2/t13?,14?,16-/m0/s1. The minimum absolute atomic E-state index is 0.00569. The lowest BCUT2D eigenvalue weighted by molar-refractivity contribution is -0.384. The van der Waals surface area contributed by atoms with E-state index in [9.17, 15) is 14.9 Å². The fourth-order valence-corrected chi connectivity index (χ4v) is 4.26. The highest BCUT2D eigenvalue weighted by molar-refractivity contribution is 6.32. The van der Waals surface area contributed by atoms with Crippen LogP contribution in [0.4, 0.5) is 11.4 Å². The van der Waals surface area contributed by atoms with Crippen molar-refractivity contribution in [3.63, 3.8) is 0 Å². The van der Waals surface area contributed by atoms with Crippen molar-refractivity contribution in [3.05, 3.63) is 33.3 Å². The first-order chi connectivity index (χ1) is 13.5. The molecule has 0 spiro atoms. The molecule has 2 N–H and O–H groups in total. The van der Waals surface area contributed by atoms with Crippen molar-refractivity contribution in [2.45, 2.75) is 44.2 Å². The number of carbonyl (C=O) groups excluding carboxylic acids is 1. The number of nitro groups is 1. The Kier molecular flexibility index (Phi) is 6.70. The van der Waals surface area contributed by atoms with Crippen molar-refractivity contribution in [3.8, 4) is 6.07 Å². The second-order valence-corrected chi connectivity index (χ2v) is 7.84. The smallest absolute Gasteiger partial charge is 0.288 e. The Hall–Kier alpha value is -2.37. The number of rotatable bonds is 7. The lowest BCUT2D eigenvalue weighted by Gasteiger charge is -2.21. The van der Waals surface area contributed by atoms with Crippen LogP contribution in [-0.2, 0) is 4.79 Å². The van der Waals surface area contributed by atoms with Gasteiger partial charge >= 0.3 is 0 Å². The van der Waals surface area contributed by atoms with Crippen LogP contribution >= 0.6 is 11.6 Å². The van der Waals surface area contributed by atoms with Crippen LogP contribution in [0.15, 0.2) is 18.2 Å². The van der Waals surface area contributed by atoms with Gasteiger partial charge in [0.25, 0.3) is 5.69 Å². The minimum atomic E-state index is -0.498. The average molecular weight is 406 g/mol. The molecule has 150 valence electrons. The summed E-state index contributed by atoms with van der Waals surface area (Å²) in [5.74, 6) is 0.464. The number of nitro benzene ring substituents is 1. The van der Waals surface area contributed by atoms with Crippen molar-refractivity contribution < 1.29 is 9.72 Å². The monoisotopic (exact) mass is 405 g/mol. The van der Waals surface area contributed by atoms with Gasteiger partial charge in [-0.15, -0.1) is 0 Å². The quantitative estimate of drug-likeness (QED) is 0.533. The Balaban J connectivity index is 1.41. The second-order valence-electron chi connectivity index (χ2n) is 7.44. The van der Waals surface area contributed by atoms with Crippen molar-refractivity contribution in [2.24, 2.45) is 5.92 Å². The lowest BCUT2D eigenvalue weighted by atomic mass is 10.1. The first-order valence-electron chi connectivity index (χ1n) is 9.58. The maximum Gasteiger partial charge on any atom is 0.288 e. The molecule has 1 saturated heterocycles. The summed E-state index contributed by atoms with van der Waals surface area (Å²) in [4.78, 5) is 24.3. The number of likely N-dealkylation sites (tertiary alicyclic amines) is 1. The summed E-state index contributed by atoms with van der Waals surface area (Å²) < 4.78 is 0. The van der Waals surface area contributed by atoms with E-state index in [0.717, 1.165) is 44.3 Å². The molecule has 1 aromatic rings. The molecule has 1 aromatic carbocycles. The number of carbonyl (C=O) groups is 1. The van der Waals surface area contributed by atoms with Gasteiger partial charge in [0.2, 0.25) is 5.91 Å². The molecule has 3 atom stereocenters. The first-order valence-corrected chi connectivity index (χ1v) is 9.96. The highest BCUT2D eigenvalue weighted by Crippen LogP contribution is 2.29. The number of amides is 1. The Morgan fingerprint density at radius 1 is 1.39 bits per heavy atom. The van der Waals surface area contributed by atoms with E-state index in [1.807, 2.05) is 0 Å². The zero-order valence-corrected chi connectivity index (χ0v) is 16.3. The zero-order chi connectivity index (χ0) is 20.1. The molecular weight excluding hydrogens is 382 g/mol. The number of hydrogen-bond donors (Lipinski definition) is 2. The largest absolute Gasteiger partial charge is 0.385 e. The van der Waals surface area contributed by atoms with Crippen LogP contribution in [0.25, 0.3) is 0 Å². The van der Waals surface area contributed by atoms with Gasteiger partial charge in [0.1, 0.15) is 11.1 Å². The van der Waals surface area contributed by atoms with E-state index in [0.29, 0.717) is 18.5 Å². The van der Waals surface area contributed by atoms with Crippen LogP contribution in [0.5, 0.6) is 0 Å². The lowest BCUT2D eigenvalue weighted by Crippen LogP contribution is -2.43. The average Bonchev–Trinajstić information content (AvgIpc) is 3.33. The molecule has 2 unspecified atom stereocenters. The van der Waals surface area contributed by atoms with E-state index < -0.39 is 4.92 Å². The molecule has 1 amide bonds. The SMILES string of the molecule is N#C[C@@H]1CCCN1C(=O)CNC1CCC(CNc2ccc([N+](=O)[O-])c(Cl)c2)C1. The Morgan fingerprint density at radius 3 is 2.93 bits per heavy atom. The predicted molar refractivity (Wildman–Crippen MR) is 106 cm³/mol. The summed E-state index contributed by atoms with van der Waals surface area (Å²) in [7, 11) is 0. The number of nitrogens with one attached hydrogen (secondary N) is 2. The van der Waals surface area contributed by atoms with Gasteiger partial charge < -0.3 is 15.5 Å².